The fraction of sp³-hybridized carbons (Fsp3) is 0.324. The number of aryl methyl sites for hydroxylation is 7. The Kier molecular flexibility index (Phi) is 6.52. The highest BCUT2D eigenvalue weighted by Gasteiger charge is 2.41. The molecule has 3 heteroatoms. The van der Waals surface area contributed by atoms with Crippen LogP contribution in [0.3, 0.4) is 0 Å². The summed E-state index contributed by atoms with van der Waals surface area (Å²) in [6, 6.07) is 13.9. The molecular formula is C34H39BN2. The second-order valence-electron chi connectivity index (χ2n) is 11.5. The maximum Gasteiger partial charge on any atom is 0.239 e. The summed E-state index contributed by atoms with van der Waals surface area (Å²) in [5.41, 5.74) is 17.4. The van der Waals surface area contributed by atoms with E-state index in [4.69, 9.17) is 4.98 Å². The molecule has 2 aromatic carbocycles. The lowest BCUT2D eigenvalue weighted by molar-refractivity contribution is 0.432. The first-order valence-corrected chi connectivity index (χ1v) is 13.5. The fourth-order valence-electron chi connectivity index (χ4n) is 7.01. The summed E-state index contributed by atoms with van der Waals surface area (Å²) in [5, 5.41) is 0. The monoisotopic (exact) mass is 486 g/mol. The number of fused-ring (bicyclic) bond motifs is 3. The highest BCUT2D eigenvalue weighted by atomic mass is 15.1. The van der Waals surface area contributed by atoms with Gasteiger partial charge in [0.1, 0.15) is 0 Å². The van der Waals surface area contributed by atoms with E-state index in [0.717, 1.165) is 11.4 Å². The van der Waals surface area contributed by atoms with Crippen molar-refractivity contribution in [2.24, 2.45) is 5.92 Å². The standard InChI is InChI=1S/C34H39BN2/c1-20-16-22(3)33(23(4)17-20)35(34-24(5)18-21(2)19-25(34)6)29-13-15-31(37(8)9)32-27(29)12-14-30-28(32)11-10-26(7)36-30/h10-19,27,32H,1-9H3/t27-,32+/m1/s1. The summed E-state index contributed by atoms with van der Waals surface area (Å²) in [5.74, 6) is 0.521. The van der Waals surface area contributed by atoms with Crippen LogP contribution in [0.2, 0.25) is 0 Å². The van der Waals surface area contributed by atoms with Crippen molar-refractivity contribution in [3.8, 4) is 0 Å². The minimum Gasteiger partial charge on any atom is -0.380 e. The molecule has 0 saturated carbocycles. The van der Waals surface area contributed by atoms with E-state index in [-0.39, 0.29) is 18.5 Å². The Balaban J connectivity index is 1.80. The summed E-state index contributed by atoms with van der Waals surface area (Å²) in [6.07, 6.45) is 9.48. The van der Waals surface area contributed by atoms with Crippen LogP contribution in [-0.4, -0.2) is 30.7 Å². The molecule has 0 spiro atoms. The van der Waals surface area contributed by atoms with Crippen LogP contribution < -0.4 is 10.9 Å². The van der Waals surface area contributed by atoms with E-state index >= 15 is 0 Å². The van der Waals surface area contributed by atoms with Gasteiger partial charge in [-0.05, 0) is 72.2 Å². The van der Waals surface area contributed by atoms with Crippen LogP contribution in [0.25, 0.3) is 6.08 Å². The molecule has 2 nitrogen and oxygen atoms in total. The molecule has 0 bridgehead atoms. The number of pyridine rings is 1. The Morgan fingerprint density at radius 3 is 1.78 bits per heavy atom. The van der Waals surface area contributed by atoms with Gasteiger partial charge >= 0.3 is 0 Å². The molecule has 0 aliphatic heterocycles. The van der Waals surface area contributed by atoms with Gasteiger partial charge in [-0.3, -0.25) is 4.98 Å². The van der Waals surface area contributed by atoms with Gasteiger partial charge in [0.15, 0.2) is 0 Å². The molecule has 1 heterocycles. The van der Waals surface area contributed by atoms with Crippen molar-refractivity contribution in [1.29, 1.82) is 0 Å². The highest BCUT2D eigenvalue weighted by Crippen LogP contribution is 2.46. The molecule has 0 saturated heterocycles. The molecule has 2 atom stereocenters. The van der Waals surface area contributed by atoms with Gasteiger partial charge in [-0.25, -0.2) is 0 Å². The van der Waals surface area contributed by atoms with Crippen molar-refractivity contribution >= 4 is 23.7 Å². The number of rotatable bonds is 4. The molecule has 2 aliphatic carbocycles. The van der Waals surface area contributed by atoms with Gasteiger partial charge in [0.2, 0.25) is 6.71 Å². The number of hydrogen-bond acceptors (Lipinski definition) is 2. The van der Waals surface area contributed by atoms with Gasteiger partial charge in [0.05, 0.1) is 5.69 Å². The van der Waals surface area contributed by atoms with Crippen molar-refractivity contribution in [1.82, 2.24) is 9.88 Å². The van der Waals surface area contributed by atoms with E-state index < -0.39 is 0 Å². The predicted molar refractivity (Wildman–Crippen MR) is 160 cm³/mol. The number of aromatic nitrogens is 1. The van der Waals surface area contributed by atoms with Crippen molar-refractivity contribution in [2.45, 2.75) is 54.4 Å². The van der Waals surface area contributed by atoms with Crippen LogP contribution in [0.5, 0.6) is 0 Å². The zero-order valence-electron chi connectivity index (χ0n) is 23.9. The highest BCUT2D eigenvalue weighted by molar-refractivity contribution is 6.92. The number of allylic oxidation sites excluding steroid dienone is 5. The summed E-state index contributed by atoms with van der Waals surface area (Å²) >= 11 is 0. The van der Waals surface area contributed by atoms with E-state index in [0.29, 0.717) is 0 Å². The molecule has 0 amide bonds. The van der Waals surface area contributed by atoms with Gasteiger partial charge in [-0.15, -0.1) is 0 Å². The van der Waals surface area contributed by atoms with Crippen LogP contribution in [0.1, 0.15) is 56.2 Å². The molecule has 0 unspecified atom stereocenters. The maximum atomic E-state index is 4.91. The van der Waals surface area contributed by atoms with Gasteiger partial charge < -0.3 is 4.90 Å². The van der Waals surface area contributed by atoms with Gasteiger partial charge in [0, 0.05) is 37.3 Å². The first-order chi connectivity index (χ1) is 17.6. The van der Waals surface area contributed by atoms with Crippen LogP contribution in [-0.2, 0) is 0 Å². The van der Waals surface area contributed by atoms with Crippen molar-refractivity contribution < 1.29 is 0 Å². The smallest absolute Gasteiger partial charge is 0.239 e. The topological polar surface area (TPSA) is 16.1 Å². The third-order valence-corrected chi connectivity index (χ3v) is 8.31. The fourth-order valence-corrected chi connectivity index (χ4v) is 7.01. The van der Waals surface area contributed by atoms with Crippen LogP contribution in [0.15, 0.2) is 65.8 Å². The average molecular weight is 487 g/mol. The first kappa shape index (κ1) is 25.3. The molecule has 0 N–H and O–H groups in total. The Morgan fingerprint density at radius 1 is 0.730 bits per heavy atom. The van der Waals surface area contributed by atoms with E-state index in [9.17, 15) is 0 Å². The second kappa shape index (κ2) is 9.52. The van der Waals surface area contributed by atoms with E-state index in [1.165, 1.54) is 61.0 Å². The second-order valence-corrected chi connectivity index (χ2v) is 11.5. The zero-order chi connectivity index (χ0) is 26.6. The van der Waals surface area contributed by atoms with Crippen molar-refractivity contribution in [3.63, 3.8) is 0 Å². The molecule has 5 rings (SSSR count). The Morgan fingerprint density at radius 2 is 1.27 bits per heavy atom. The number of benzene rings is 2. The molecule has 0 fully saturated rings. The SMILES string of the molecule is Cc1cc(C)c(B(C2=CC=C(N(C)C)[C@@H]3c4ccc(C)nc4C=C[C@H]23)c2c(C)cc(C)cc2C)c(C)c1. The maximum absolute atomic E-state index is 4.91. The minimum atomic E-state index is 0.193. The lowest BCUT2D eigenvalue weighted by atomic mass is 9.31. The van der Waals surface area contributed by atoms with E-state index in [2.05, 4.69) is 128 Å². The van der Waals surface area contributed by atoms with Gasteiger partial charge in [-0.1, -0.05) is 92.3 Å². The number of hydrogen-bond donors (Lipinski definition) is 0. The molecule has 3 aromatic rings. The van der Waals surface area contributed by atoms with Crippen molar-refractivity contribution in [2.75, 3.05) is 14.1 Å². The summed E-state index contributed by atoms with van der Waals surface area (Å²) in [7, 11) is 4.34. The van der Waals surface area contributed by atoms with Crippen LogP contribution >= 0.6 is 0 Å². The van der Waals surface area contributed by atoms with E-state index in [1.807, 2.05) is 0 Å². The van der Waals surface area contributed by atoms with Crippen LogP contribution in [0, 0.1) is 54.4 Å². The molecule has 1 aromatic heterocycles. The molecule has 188 valence electrons. The quantitative estimate of drug-likeness (QED) is 0.408. The molecule has 2 aliphatic rings. The normalized spacial score (nSPS) is 18.1. The van der Waals surface area contributed by atoms with Crippen molar-refractivity contribution in [3.05, 3.63) is 116 Å². The van der Waals surface area contributed by atoms with Gasteiger partial charge in [0.25, 0.3) is 0 Å². The lowest BCUT2D eigenvalue weighted by Crippen LogP contribution is -2.52. The predicted octanol–water partition coefficient (Wildman–Crippen LogP) is 6.20. The summed E-state index contributed by atoms with van der Waals surface area (Å²) in [4.78, 5) is 7.19. The lowest BCUT2D eigenvalue weighted by Gasteiger charge is -2.41. The average Bonchev–Trinajstić information content (AvgIpc) is 2.80. The third kappa shape index (κ3) is 4.39. The Bertz CT molecular complexity index is 1380. The number of likely N-dealkylation sites (N-methyl/N-ethyl adjacent to an activating group) is 1. The number of nitrogens with zero attached hydrogens (tertiary/aromatic N) is 2. The molecular weight excluding hydrogens is 447 g/mol. The Hall–Kier alpha value is -3.33. The third-order valence-electron chi connectivity index (χ3n) is 8.31. The molecule has 37 heavy (non-hydrogen) atoms. The zero-order valence-corrected chi connectivity index (χ0v) is 23.9. The van der Waals surface area contributed by atoms with Gasteiger partial charge in [-0.2, -0.15) is 0 Å². The molecule has 0 radical (unpaired) electrons. The largest absolute Gasteiger partial charge is 0.380 e. The van der Waals surface area contributed by atoms with Crippen LogP contribution in [0.4, 0.5) is 0 Å². The Labute approximate surface area is 223 Å². The van der Waals surface area contributed by atoms with E-state index in [1.54, 1.807) is 0 Å². The summed E-state index contributed by atoms with van der Waals surface area (Å²) < 4.78 is 0. The minimum absolute atomic E-state index is 0.193. The summed E-state index contributed by atoms with van der Waals surface area (Å²) in [6.45, 7) is 15.9. The first-order valence-electron chi connectivity index (χ1n) is 13.5.